The van der Waals surface area contributed by atoms with Crippen LogP contribution in [0.4, 0.5) is 44.5 Å². The fraction of sp³-hybridized carbons (Fsp3) is 0.667. The van der Waals surface area contributed by atoms with Gasteiger partial charge in [0.05, 0.1) is 12.2 Å². The minimum Gasteiger partial charge on any atom is -0.462 e. The average Bonchev–Trinajstić information content (AvgIpc) is 2.85. The van der Waals surface area contributed by atoms with Gasteiger partial charge in [-0.2, -0.15) is 39.5 Å². The van der Waals surface area contributed by atoms with Crippen LogP contribution < -0.4 is 5.32 Å². The number of aryl methyl sites for hydroxylation is 1. The van der Waals surface area contributed by atoms with Crippen molar-refractivity contribution in [3.63, 3.8) is 0 Å². The Morgan fingerprint density at radius 3 is 2.09 bits per heavy atom. The molecule has 0 spiro atoms. The second-order valence-corrected chi connectivity index (χ2v) is 8.18. The summed E-state index contributed by atoms with van der Waals surface area (Å²) in [6.07, 6.45) is -4.05. The number of carbonyl (C=O) groups excluding carboxylic acids is 2. The zero-order valence-electron chi connectivity index (χ0n) is 16.5. The van der Waals surface area contributed by atoms with Crippen molar-refractivity contribution in [1.29, 1.82) is 0 Å². The summed E-state index contributed by atoms with van der Waals surface area (Å²) in [5.41, 5.74) is -0.0602. The number of anilines is 1. The molecule has 0 aliphatic heterocycles. The van der Waals surface area contributed by atoms with Crippen molar-refractivity contribution in [2.24, 2.45) is 0 Å². The highest BCUT2D eigenvalue weighted by Crippen LogP contribution is 2.53. The number of hydrogen-bond acceptors (Lipinski definition) is 4. The van der Waals surface area contributed by atoms with Gasteiger partial charge in [-0.05, 0) is 37.7 Å². The summed E-state index contributed by atoms with van der Waals surface area (Å²) in [5, 5.41) is 0.591. The number of alkyl halides is 9. The summed E-state index contributed by atoms with van der Waals surface area (Å²) in [6, 6.07) is 0. The summed E-state index contributed by atoms with van der Waals surface area (Å²) < 4.78 is 123. The van der Waals surface area contributed by atoms with Gasteiger partial charge in [-0.1, -0.05) is 13.3 Å². The molecule has 1 aliphatic rings. The predicted octanol–water partition coefficient (Wildman–Crippen LogP) is 5.99. The number of thiophene rings is 1. The second-order valence-electron chi connectivity index (χ2n) is 7.08. The van der Waals surface area contributed by atoms with Crippen LogP contribution in [0.25, 0.3) is 0 Å². The van der Waals surface area contributed by atoms with Gasteiger partial charge in [0.25, 0.3) is 0 Å². The molecule has 32 heavy (non-hydrogen) atoms. The number of nitrogens with one attached hydrogen (secondary N) is 1. The monoisotopic (exact) mass is 499 g/mol. The van der Waals surface area contributed by atoms with Crippen LogP contribution >= 0.6 is 11.3 Å². The Morgan fingerprint density at radius 2 is 1.53 bits per heavy atom. The van der Waals surface area contributed by atoms with E-state index in [1.165, 1.54) is 5.32 Å². The van der Waals surface area contributed by atoms with Gasteiger partial charge in [-0.15, -0.1) is 11.3 Å². The van der Waals surface area contributed by atoms with Crippen LogP contribution in [-0.2, 0) is 22.4 Å². The van der Waals surface area contributed by atoms with E-state index in [0.29, 0.717) is 47.5 Å². The topological polar surface area (TPSA) is 55.4 Å². The average molecular weight is 499 g/mol. The highest BCUT2D eigenvalue weighted by molar-refractivity contribution is 7.17. The molecule has 0 unspecified atom stereocenters. The molecule has 0 radical (unpaired) electrons. The van der Waals surface area contributed by atoms with Gasteiger partial charge >= 0.3 is 35.8 Å². The molecule has 4 nitrogen and oxygen atoms in total. The molecule has 1 aromatic rings. The zero-order chi connectivity index (χ0) is 24.5. The maximum absolute atomic E-state index is 13.9. The number of ether oxygens (including phenoxy) is 1. The van der Waals surface area contributed by atoms with Crippen LogP contribution in [0.2, 0.25) is 0 Å². The minimum atomic E-state index is -7.20. The van der Waals surface area contributed by atoms with E-state index >= 15 is 0 Å². The first-order valence-corrected chi connectivity index (χ1v) is 10.2. The molecule has 0 atom stereocenters. The summed E-state index contributed by atoms with van der Waals surface area (Å²) in [7, 11) is 0. The van der Waals surface area contributed by atoms with E-state index in [2.05, 4.69) is 0 Å². The molecule has 1 amide bonds. The molecule has 182 valence electrons. The Labute approximate surface area is 180 Å². The van der Waals surface area contributed by atoms with E-state index in [1.807, 2.05) is 0 Å². The number of fused-ring (bicyclic) bond motifs is 1. The van der Waals surface area contributed by atoms with Crippen LogP contribution in [0.15, 0.2) is 0 Å². The predicted molar refractivity (Wildman–Crippen MR) is 95.7 cm³/mol. The summed E-state index contributed by atoms with van der Waals surface area (Å²) in [6.45, 7) is 1.55. The third-order valence-corrected chi connectivity index (χ3v) is 5.93. The summed E-state index contributed by atoms with van der Waals surface area (Å²) >= 11 is 0.584. The van der Waals surface area contributed by atoms with Crippen molar-refractivity contribution in [2.45, 2.75) is 69.4 Å². The highest BCUT2D eigenvalue weighted by atomic mass is 32.1. The number of esters is 1. The van der Waals surface area contributed by atoms with Gasteiger partial charge < -0.3 is 10.1 Å². The third-order valence-electron chi connectivity index (χ3n) is 4.72. The molecule has 1 aromatic heterocycles. The van der Waals surface area contributed by atoms with E-state index < -0.39 is 46.4 Å². The van der Waals surface area contributed by atoms with E-state index in [4.69, 9.17) is 4.74 Å². The second kappa shape index (κ2) is 9.10. The lowest BCUT2D eigenvalue weighted by Gasteiger charge is -2.32. The maximum atomic E-state index is 13.9. The molecule has 0 saturated heterocycles. The van der Waals surface area contributed by atoms with Gasteiger partial charge in [0.15, 0.2) is 0 Å². The Balaban J connectivity index is 2.45. The van der Waals surface area contributed by atoms with Gasteiger partial charge in [0.1, 0.15) is 5.00 Å². The largest absolute Gasteiger partial charge is 0.462 e. The van der Waals surface area contributed by atoms with Crippen molar-refractivity contribution >= 4 is 28.2 Å². The van der Waals surface area contributed by atoms with Gasteiger partial charge in [0, 0.05) is 4.88 Å². The van der Waals surface area contributed by atoms with Gasteiger partial charge in [0.2, 0.25) is 0 Å². The molecule has 0 saturated carbocycles. The number of amides is 1. The lowest BCUT2D eigenvalue weighted by atomic mass is 10.0. The quantitative estimate of drug-likeness (QED) is 0.285. The molecule has 2 rings (SSSR count). The zero-order valence-corrected chi connectivity index (χ0v) is 17.3. The number of rotatable bonds is 7. The molecule has 0 fully saturated rings. The van der Waals surface area contributed by atoms with Crippen LogP contribution in [-0.4, -0.2) is 42.4 Å². The van der Waals surface area contributed by atoms with Crippen LogP contribution in [0, 0.1) is 0 Å². The molecule has 0 bridgehead atoms. The fourth-order valence-corrected chi connectivity index (χ4v) is 4.29. The number of carbonyl (C=O) groups is 2. The third kappa shape index (κ3) is 4.55. The van der Waals surface area contributed by atoms with Crippen molar-refractivity contribution in [1.82, 2.24) is 0 Å². The Morgan fingerprint density at radius 1 is 0.938 bits per heavy atom. The SMILES string of the molecule is CCCOC(=O)c1c(NC(=O)C(F)(F)C(F)(F)C(F)(F)C(F)(F)F)sc2c1CCCCC2. The molecule has 1 heterocycles. The Bertz CT molecular complexity index is 865. The van der Waals surface area contributed by atoms with Crippen molar-refractivity contribution in [2.75, 3.05) is 11.9 Å². The van der Waals surface area contributed by atoms with Crippen LogP contribution in [0.1, 0.15) is 53.4 Å². The molecule has 1 N–H and O–H groups in total. The molecule has 0 aromatic carbocycles. The lowest BCUT2D eigenvalue weighted by molar-refractivity contribution is -0.388. The van der Waals surface area contributed by atoms with Crippen molar-refractivity contribution < 1.29 is 53.8 Å². The normalized spacial score (nSPS) is 15.7. The Kier molecular flexibility index (Phi) is 7.47. The first-order chi connectivity index (χ1) is 14.6. The van der Waals surface area contributed by atoms with Gasteiger partial charge in [-0.3, -0.25) is 4.79 Å². The molecular weight excluding hydrogens is 481 g/mol. The minimum absolute atomic E-state index is 0.0944. The van der Waals surface area contributed by atoms with Crippen LogP contribution in [0.3, 0.4) is 0 Å². The smallest absolute Gasteiger partial charge is 0.460 e. The van der Waals surface area contributed by atoms with Crippen molar-refractivity contribution in [3.05, 3.63) is 16.0 Å². The number of halogens is 9. The number of hydrogen-bond donors (Lipinski definition) is 1. The highest BCUT2D eigenvalue weighted by Gasteiger charge is 2.83. The van der Waals surface area contributed by atoms with E-state index in [-0.39, 0.29) is 13.0 Å². The maximum Gasteiger partial charge on any atom is 0.460 e. The van der Waals surface area contributed by atoms with E-state index in [9.17, 15) is 49.1 Å². The van der Waals surface area contributed by atoms with Crippen molar-refractivity contribution in [3.8, 4) is 0 Å². The first-order valence-electron chi connectivity index (χ1n) is 9.42. The molecular formula is C18H18F9NO3S. The first kappa shape index (κ1) is 26.3. The lowest BCUT2D eigenvalue weighted by Crippen LogP contribution is -2.64. The van der Waals surface area contributed by atoms with E-state index in [0.717, 1.165) is 6.42 Å². The summed E-state index contributed by atoms with van der Waals surface area (Å²) in [4.78, 5) is 24.7. The summed E-state index contributed by atoms with van der Waals surface area (Å²) in [5.74, 6) is -24.9. The standard InChI is InChI=1S/C18H18F9NO3S/c1-2-8-31-13(29)11-9-6-4-3-5-7-10(9)32-12(11)28-14(30)15(19,20)16(21,22)17(23,24)18(25,26)27/h2-8H2,1H3,(H,28,30). The van der Waals surface area contributed by atoms with Crippen LogP contribution in [0.5, 0.6) is 0 Å². The molecule has 14 heteroatoms. The fourth-order valence-electron chi connectivity index (χ4n) is 3.01. The Hall–Kier alpha value is -1.99. The van der Waals surface area contributed by atoms with E-state index in [1.54, 1.807) is 6.92 Å². The van der Waals surface area contributed by atoms with Gasteiger partial charge in [-0.25, -0.2) is 4.79 Å². The molecule has 1 aliphatic carbocycles.